The van der Waals surface area contributed by atoms with E-state index >= 15 is 0 Å². The molecule has 1 aliphatic heterocycles. The van der Waals surface area contributed by atoms with Crippen molar-refractivity contribution in [2.24, 2.45) is 7.05 Å². The van der Waals surface area contributed by atoms with Crippen molar-refractivity contribution in [3.63, 3.8) is 0 Å². The summed E-state index contributed by atoms with van der Waals surface area (Å²) in [6.45, 7) is 5.68. The minimum absolute atomic E-state index is 0.0963. The topological polar surface area (TPSA) is 52.0 Å². The number of fused-ring (bicyclic) bond motifs is 1. The molecule has 1 aromatic carbocycles. The van der Waals surface area contributed by atoms with Gasteiger partial charge in [0.25, 0.3) is 0 Å². The van der Waals surface area contributed by atoms with E-state index < -0.39 is 0 Å². The Balaban J connectivity index is 1.66. The molecule has 0 spiro atoms. The van der Waals surface area contributed by atoms with Crippen LogP contribution in [0.15, 0.2) is 24.5 Å². The SMILES string of the molecule is Cn1cnc(CNCc2cccc3c2OC(C)(C)C3)n1. The number of hydrogen-bond donors (Lipinski definition) is 1. The highest BCUT2D eigenvalue weighted by atomic mass is 16.5. The molecule has 1 aliphatic rings. The molecule has 5 heteroatoms. The predicted octanol–water partition coefficient (Wildman–Crippen LogP) is 1.82. The van der Waals surface area contributed by atoms with E-state index in [1.807, 2.05) is 7.05 Å². The van der Waals surface area contributed by atoms with Crippen molar-refractivity contribution in [3.05, 3.63) is 41.5 Å². The number of para-hydroxylation sites is 1. The maximum Gasteiger partial charge on any atom is 0.164 e. The Morgan fingerprint density at radius 2 is 2.20 bits per heavy atom. The van der Waals surface area contributed by atoms with Gasteiger partial charge in [-0.2, -0.15) is 5.10 Å². The van der Waals surface area contributed by atoms with Crippen LogP contribution in [0.1, 0.15) is 30.8 Å². The second-order valence-electron chi connectivity index (χ2n) is 5.88. The lowest BCUT2D eigenvalue weighted by atomic mass is 10.0. The first-order valence-electron chi connectivity index (χ1n) is 6.88. The molecule has 0 aliphatic carbocycles. The van der Waals surface area contributed by atoms with Crippen molar-refractivity contribution >= 4 is 0 Å². The van der Waals surface area contributed by atoms with Gasteiger partial charge in [0.1, 0.15) is 17.7 Å². The Bertz CT molecular complexity index is 618. The summed E-state index contributed by atoms with van der Waals surface area (Å²) in [4.78, 5) is 4.20. The molecule has 20 heavy (non-hydrogen) atoms. The molecule has 5 nitrogen and oxygen atoms in total. The van der Waals surface area contributed by atoms with Crippen LogP contribution in [0.2, 0.25) is 0 Å². The molecule has 1 aromatic heterocycles. The average molecular weight is 272 g/mol. The fourth-order valence-corrected chi connectivity index (χ4v) is 2.59. The summed E-state index contributed by atoms with van der Waals surface area (Å²) in [5.74, 6) is 1.85. The molecule has 0 radical (unpaired) electrons. The van der Waals surface area contributed by atoms with E-state index in [1.54, 1.807) is 11.0 Å². The van der Waals surface area contributed by atoms with E-state index in [9.17, 15) is 0 Å². The number of hydrogen-bond acceptors (Lipinski definition) is 4. The van der Waals surface area contributed by atoms with Gasteiger partial charge < -0.3 is 10.1 Å². The largest absolute Gasteiger partial charge is 0.487 e. The third-order valence-corrected chi connectivity index (χ3v) is 3.42. The summed E-state index contributed by atoms with van der Waals surface area (Å²) in [5, 5.41) is 7.62. The van der Waals surface area contributed by atoms with Crippen LogP contribution in [-0.2, 0) is 26.6 Å². The minimum Gasteiger partial charge on any atom is -0.487 e. The summed E-state index contributed by atoms with van der Waals surface area (Å²) >= 11 is 0. The molecule has 0 amide bonds. The van der Waals surface area contributed by atoms with E-state index in [-0.39, 0.29) is 5.60 Å². The zero-order chi connectivity index (χ0) is 14.2. The predicted molar refractivity (Wildman–Crippen MR) is 76.4 cm³/mol. The summed E-state index contributed by atoms with van der Waals surface area (Å²) in [5.41, 5.74) is 2.40. The number of aryl methyl sites for hydroxylation is 1. The van der Waals surface area contributed by atoms with Crippen LogP contribution in [0.5, 0.6) is 5.75 Å². The van der Waals surface area contributed by atoms with Gasteiger partial charge in [-0.25, -0.2) is 4.98 Å². The lowest BCUT2D eigenvalue weighted by molar-refractivity contribution is 0.137. The zero-order valence-corrected chi connectivity index (χ0v) is 12.2. The summed E-state index contributed by atoms with van der Waals surface area (Å²) < 4.78 is 7.77. The van der Waals surface area contributed by atoms with Crippen LogP contribution in [0.3, 0.4) is 0 Å². The lowest BCUT2D eigenvalue weighted by Crippen LogP contribution is -2.25. The van der Waals surface area contributed by atoms with Gasteiger partial charge >= 0.3 is 0 Å². The fourth-order valence-electron chi connectivity index (χ4n) is 2.59. The molecular formula is C15H20N4O. The van der Waals surface area contributed by atoms with E-state index in [1.165, 1.54) is 11.1 Å². The first kappa shape index (κ1) is 13.1. The van der Waals surface area contributed by atoms with Crippen LogP contribution in [0.4, 0.5) is 0 Å². The van der Waals surface area contributed by atoms with Crippen molar-refractivity contribution in [2.75, 3.05) is 0 Å². The molecule has 0 unspecified atom stereocenters. The molecule has 3 rings (SSSR count). The normalized spacial score (nSPS) is 15.9. The molecule has 0 fully saturated rings. The summed E-state index contributed by atoms with van der Waals surface area (Å²) in [6.07, 6.45) is 2.68. The van der Waals surface area contributed by atoms with Gasteiger partial charge in [-0.05, 0) is 19.4 Å². The van der Waals surface area contributed by atoms with Gasteiger partial charge in [0, 0.05) is 25.6 Å². The Morgan fingerprint density at radius 3 is 2.95 bits per heavy atom. The number of nitrogens with zero attached hydrogens (tertiary/aromatic N) is 3. The van der Waals surface area contributed by atoms with Gasteiger partial charge in [-0.15, -0.1) is 0 Å². The van der Waals surface area contributed by atoms with Crippen molar-refractivity contribution < 1.29 is 4.74 Å². The fraction of sp³-hybridized carbons (Fsp3) is 0.467. The second-order valence-corrected chi connectivity index (χ2v) is 5.88. The highest BCUT2D eigenvalue weighted by Gasteiger charge is 2.31. The quantitative estimate of drug-likeness (QED) is 0.922. The van der Waals surface area contributed by atoms with E-state index in [4.69, 9.17) is 4.74 Å². The molecule has 0 bridgehead atoms. The standard InChI is InChI=1S/C15H20N4O/c1-15(2)7-11-5-4-6-12(14(11)20-15)8-16-9-13-17-10-19(3)18-13/h4-6,10,16H,7-9H2,1-3H3. The molecular weight excluding hydrogens is 252 g/mol. The van der Waals surface area contributed by atoms with Gasteiger partial charge in [-0.3, -0.25) is 4.68 Å². The average Bonchev–Trinajstić information content (AvgIpc) is 2.91. The van der Waals surface area contributed by atoms with E-state index in [0.29, 0.717) is 6.54 Å². The Kier molecular flexibility index (Phi) is 3.22. The van der Waals surface area contributed by atoms with Gasteiger partial charge in [0.2, 0.25) is 0 Å². The number of nitrogens with one attached hydrogen (secondary N) is 1. The number of rotatable bonds is 4. The molecule has 0 atom stereocenters. The molecule has 106 valence electrons. The second kappa shape index (κ2) is 4.90. The maximum absolute atomic E-state index is 6.06. The molecule has 2 aromatic rings. The van der Waals surface area contributed by atoms with Gasteiger partial charge in [0.05, 0.1) is 6.54 Å². The number of benzene rings is 1. The number of ether oxygens (including phenoxy) is 1. The van der Waals surface area contributed by atoms with Crippen LogP contribution in [0.25, 0.3) is 0 Å². The van der Waals surface area contributed by atoms with Crippen molar-refractivity contribution in [1.82, 2.24) is 20.1 Å². The van der Waals surface area contributed by atoms with E-state index in [2.05, 4.69) is 47.4 Å². The Labute approximate surface area is 119 Å². The van der Waals surface area contributed by atoms with Crippen molar-refractivity contribution in [2.45, 2.75) is 39.0 Å². The first-order valence-corrected chi connectivity index (χ1v) is 6.88. The molecule has 2 heterocycles. The molecule has 1 N–H and O–H groups in total. The van der Waals surface area contributed by atoms with E-state index in [0.717, 1.165) is 24.5 Å². The van der Waals surface area contributed by atoms with Crippen LogP contribution in [-0.4, -0.2) is 20.4 Å². The smallest absolute Gasteiger partial charge is 0.164 e. The molecule has 0 saturated heterocycles. The highest BCUT2D eigenvalue weighted by molar-refractivity contribution is 5.45. The Hall–Kier alpha value is -1.88. The number of aromatic nitrogens is 3. The van der Waals surface area contributed by atoms with Gasteiger partial charge in [0.15, 0.2) is 5.82 Å². The summed E-state index contributed by atoms with van der Waals surface area (Å²) in [7, 11) is 1.87. The third kappa shape index (κ3) is 2.67. The first-order chi connectivity index (χ1) is 9.53. The van der Waals surface area contributed by atoms with Crippen LogP contribution >= 0.6 is 0 Å². The van der Waals surface area contributed by atoms with Crippen molar-refractivity contribution in [1.29, 1.82) is 0 Å². The molecule has 0 saturated carbocycles. The van der Waals surface area contributed by atoms with Crippen LogP contribution in [0, 0.1) is 0 Å². The summed E-state index contributed by atoms with van der Waals surface area (Å²) in [6, 6.07) is 6.35. The lowest BCUT2D eigenvalue weighted by Gasteiger charge is -2.18. The van der Waals surface area contributed by atoms with Crippen molar-refractivity contribution in [3.8, 4) is 5.75 Å². The van der Waals surface area contributed by atoms with Crippen LogP contribution < -0.4 is 10.1 Å². The van der Waals surface area contributed by atoms with Gasteiger partial charge in [-0.1, -0.05) is 18.2 Å². The monoisotopic (exact) mass is 272 g/mol. The Morgan fingerprint density at radius 1 is 1.35 bits per heavy atom. The third-order valence-electron chi connectivity index (χ3n) is 3.42. The minimum atomic E-state index is -0.0963. The zero-order valence-electron chi connectivity index (χ0n) is 12.2. The maximum atomic E-state index is 6.06. The highest BCUT2D eigenvalue weighted by Crippen LogP contribution is 2.37.